The zero-order valence-corrected chi connectivity index (χ0v) is 23.4. The van der Waals surface area contributed by atoms with Gasteiger partial charge in [0.2, 0.25) is 0 Å². The summed E-state index contributed by atoms with van der Waals surface area (Å²) in [5, 5.41) is 2.92. The van der Waals surface area contributed by atoms with Gasteiger partial charge in [0.05, 0.1) is 17.5 Å². The summed E-state index contributed by atoms with van der Waals surface area (Å²) < 4.78 is 30.3. The number of anilines is 1. The van der Waals surface area contributed by atoms with Crippen molar-refractivity contribution in [2.24, 2.45) is 4.99 Å². The fraction of sp³-hybridized carbons (Fsp3) is 0.444. The Kier molecular flexibility index (Phi) is 7.71. The number of carbonyl (C=O) groups excluding carboxylic acids is 2. The number of ether oxygens (including phenoxy) is 1. The van der Waals surface area contributed by atoms with Gasteiger partial charge >= 0.3 is 6.09 Å². The maximum atomic E-state index is 13.6. The fourth-order valence-corrected chi connectivity index (χ4v) is 8.41. The second-order valence-electron chi connectivity index (χ2n) is 10.6. The van der Waals surface area contributed by atoms with Crippen LogP contribution in [0.5, 0.6) is 0 Å². The number of nitrogens with zero attached hydrogens (tertiary/aromatic N) is 2. The van der Waals surface area contributed by atoms with E-state index in [9.17, 15) is 18.0 Å². The Hall–Kier alpha value is -2.85. The summed E-state index contributed by atoms with van der Waals surface area (Å²) in [6.45, 7) is 9.19. The second-order valence-corrected chi connectivity index (χ2v) is 13.9. The minimum atomic E-state index is -3.19. The summed E-state index contributed by atoms with van der Waals surface area (Å²) in [7, 11) is -3.19. The maximum absolute atomic E-state index is 13.6. The van der Waals surface area contributed by atoms with Gasteiger partial charge in [0.25, 0.3) is 5.91 Å². The van der Waals surface area contributed by atoms with Gasteiger partial charge in [-0.2, -0.15) is 4.99 Å². The van der Waals surface area contributed by atoms with E-state index in [2.05, 4.69) is 10.3 Å². The standard InChI is InChI=1S/C27H33N3O5S2/c1-17-11-12-18(2)21(13-17)30-22-15-37(33,34)16-23(22)36-25(30)29-24(31)20(14-19-9-7-6-8-10-19)28-26(32)35-27(3,4)5/h6-13,20,22-23H,14-16H2,1-5H3,(H,28,32)/t20-,22-,23-/m0/s1. The van der Waals surface area contributed by atoms with E-state index in [1.54, 1.807) is 20.8 Å². The quantitative estimate of drug-likeness (QED) is 0.607. The summed E-state index contributed by atoms with van der Waals surface area (Å²) in [5.74, 6) is -0.467. The zero-order valence-electron chi connectivity index (χ0n) is 21.7. The predicted molar refractivity (Wildman–Crippen MR) is 148 cm³/mol. The van der Waals surface area contributed by atoms with Crippen molar-refractivity contribution in [2.45, 2.75) is 64.0 Å². The first kappa shape index (κ1) is 27.2. The van der Waals surface area contributed by atoms with Gasteiger partial charge in [-0.3, -0.25) is 4.79 Å². The Morgan fingerprint density at radius 3 is 2.51 bits per heavy atom. The molecule has 0 aliphatic carbocycles. The van der Waals surface area contributed by atoms with E-state index < -0.39 is 33.5 Å². The molecule has 0 aromatic heterocycles. The van der Waals surface area contributed by atoms with Gasteiger partial charge < -0.3 is 15.0 Å². The highest BCUT2D eigenvalue weighted by molar-refractivity contribution is 8.16. The molecule has 2 aromatic rings. The van der Waals surface area contributed by atoms with E-state index in [4.69, 9.17) is 4.74 Å². The Labute approximate surface area is 222 Å². The van der Waals surface area contributed by atoms with E-state index >= 15 is 0 Å². The fourth-order valence-electron chi connectivity index (χ4n) is 4.50. The molecule has 2 fully saturated rings. The van der Waals surface area contributed by atoms with Crippen LogP contribution in [0.4, 0.5) is 10.5 Å². The van der Waals surface area contributed by atoms with Crippen LogP contribution in [0.2, 0.25) is 0 Å². The van der Waals surface area contributed by atoms with Gasteiger partial charge in [0.15, 0.2) is 15.0 Å². The number of nitrogens with one attached hydrogen (secondary N) is 1. The molecule has 0 bridgehead atoms. The first-order valence-electron chi connectivity index (χ1n) is 12.2. The summed E-state index contributed by atoms with van der Waals surface area (Å²) in [4.78, 5) is 32.5. The lowest BCUT2D eigenvalue weighted by Crippen LogP contribution is -2.45. The minimum Gasteiger partial charge on any atom is -0.444 e. The number of hydrogen-bond acceptors (Lipinski definition) is 6. The number of hydrogen-bond donors (Lipinski definition) is 1. The molecule has 10 heteroatoms. The number of amides is 2. The number of aryl methyl sites for hydroxylation is 2. The Balaban J connectivity index is 1.68. The molecule has 3 atom stereocenters. The van der Waals surface area contributed by atoms with E-state index in [0.717, 1.165) is 22.4 Å². The summed E-state index contributed by atoms with van der Waals surface area (Å²) >= 11 is 1.31. The molecule has 0 spiro atoms. The average Bonchev–Trinajstić information content (AvgIpc) is 3.25. The van der Waals surface area contributed by atoms with E-state index in [0.29, 0.717) is 5.17 Å². The number of rotatable bonds is 5. The van der Waals surface area contributed by atoms with Gasteiger partial charge in [0.1, 0.15) is 11.6 Å². The molecule has 8 nitrogen and oxygen atoms in total. The third-order valence-corrected chi connectivity index (χ3v) is 9.38. The number of thioether (sulfide) groups is 1. The Bertz CT molecular complexity index is 1320. The first-order chi connectivity index (χ1) is 17.3. The van der Waals surface area contributed by atoms with Crippen molar-refractivity contribution in [1.82, 2.24) is 5.32 Å². The highest BCUT2D eigenvalue weighted by atomic mass is 32.2. The molecular weight excluding hydrogens is 510 g/mol. The Morgan fingerprint density at radius 2 is 1.84 bits per heavy atom. The predicted octanol–water partition coefficient (Wildman–Crippen LogP) is 4.04. The molecule has 2 saturated heterocycles. The molecule has 0 saturated carbocycles. The molecule has 2 amide bonds. The van der Waals surface area contributed by atoms with Gasteiger partial charge in [-0.05, 0) is 57.4 Å². The van der Waals surface area contributed by atoms with Crippen molar-refractivity contribution in [3.8, 4) is 0 Å². The van der Waals surface area contributed by atoms with Crippen LogP contribution in [0.15, 0.2) is 53.5 Å². The molecule has 2 aromatic carbocycles. The van der Waals surface area contributed by atoms with Crippen LogP contribution in [0, 0.1) is 13.8 Å². The summed E-state index contributed by atoms with van der Waals surface area (Å²) in [6, 6.07) is 14.1. The number of aliphatic imine (C=N–C) groups is 1. The molecule has 4 rings (SSSR count). The van der Waals surface area contributed by atoms with Gasteiger partial charge in [-0.1, -0.05) is 54.2 Å². The van der Waals surface area contributed by atoms with Crippen molar-refractivity contribution < 1.29 is 22.7 Å². The first-order valence-corrected chi connectivity index (χ1v) is 14.9. The number of carbonyl (C=O) groups is 2. The number of benzene rings is 2. The molecule has 2 aliphatic rings. The second kappa shape index (κ2) is 10.5. The third-order valence-electron chi connectivity index (χ3n) is 6.17. The number of amidine groups is 1. The van der Waals surface area contributed by atoms with Crippen LogP contribution < -0.4 is 10.2 Å². The molecule has 2 aliphatic heterocycles. The lowest BCUT2D eigenvalue weighted by molar-refractivity contribution is -0.119. The van der Waals surface area contributed by atoms with Crippen molar-refractivity contribution in [1.29, 1.82) is 0 Å². The molecule has 0 radical (unpaired) electrons. The largest absolute Gasteiger partial charge is 0.444 e. The smallest absolute Gasteiger partial charge is 0.408 e. The molecule has 2 heterocycles. The van der Waals surface area contributed by atoms with Crippen LogP contribution in [-0.4, -0.2) is 60.0 Å². The van der Waals surface area contributed by atoms with E-state index in [-0.39, 0.29) is 29.2 Å². The highest BCUT2D eigenvalue weighted by Crippen LogP contribution is 2.42. The summed E-state index contributed by atoms with van der Waals surface area (Å²) in [6.07, 6.45) is -0.458. The van der Waals surface area contributed by atoms with Crippen molar-refractivity contribution >= 4 is 44.5 Å². The van der Waals surface area contributed by atoms with Gasteiger partial charge in [-0.15, -0.1) is 0 Å². The zero-order chi connectivity index (χ0) is 27.0. The number of sulfone groups is 1. The average molecular weight is 544 g/mol. The molecule has 1 N–H and O–H groups in total. The van der Waals surface area contributed by atoms with Crippen molar-refractivity contribution in [3.63, 3.8) is 0 Å². The number of fused-ring (bicyclic) bond motifs is 1. The molecule has 0 unspecified atom stereocenters. The highest BCUT2D eigenvalue weighted by Gasteiger charge is 2.49. The molecular formula is C27H33N3O5S2. The van der Waals surface area contributed by atoms with Gasteiger partial charge in [-0.25, -0.2) is 13.2 Å². The molecule has 37 heavy (non-hydrogen) atoms. The van der Waals surface area contributed by atoms with Crippen molar-refractivity contribution in [3.05, 3.63) is 65.2 Å². The third kappa shape index (κ3) is 6.73. The van der Waals surface area contributed by atoms with Gasteiger partial charge in [0, 0.05) is 17.4 Å². The lowest BCUT2D eigenvalue weighted by atomic mass is 10.1. The van der Waals surface area contributed by atoms with Crippen molar-refractivity contribution in [2.75, 3.05) is 16.4 Å². The maximum Gasteiger partial charge on any atom is 0.408 e. The molecule has 198 valence electrons. The number of alkyl carbamates (subject to hydrolysis) is 1. The summed E-state index contributed by atoms with van der Waals surface area (Å²) in [5.41, 5.74) is 2.96. The van der Waals surface area contributed by atoms with E-state index in [1.807, 2.05) is 67.3 Å². The van der Waals surface area contributed by atoms with Crippen LogP contribution in [0.1, 0.15) is 37.5 Å². The van der Waals surface area contributed by atoms with E-state index in [1.165, 1.54) is 11.8 Å². The van der Waals surface area contributed by atoms with Crippen LogP contribution in [0.25, 0.3) is 0 Å². The lowest BCUT2D eigenvalue weighted by Gasteiger charge is -2.27. The monoisotopic (exact) mass is 543 g/mol. The minimum absolute atomic E-state index is 0.00879. The van der Waals surface area contributed by atoms with Crippen LogP contribution >= 0.6 is 11.8 Å². The van der Waals surface area contributed by atoms with Crippen LogP contribution in [-0.2, 0) is 25.8 Å². The topological polar surface area (TPSA) is 105 Å². The normalized spacial score (nSPS) is 22.5. The van der Waals surface area contributed by atoms with Crippen LogP contribution in [0.3, 0.4) is 0 Å². The Morgan fingerprint density at radius 1 is 1.14 bits per heavy atom. The SMILES string of the molecule is Cc1ccc(C)c(N2C(=NC(=O)[C@H](Cc3ccccc3)NC(=O)OC(C)(C)C)S[C@H]3CS(=O)(=O)C[C@@H]32)c1.